The Kier molecular flexibility index (Phi) is 4.43. The van der Waals surface area contributed by atoms with Crippen LogP contribution in [0.25, 0.3) is 0 Å². The Bertz CT molecular complexity index is 356. The van der Waals surface area contributed by atoms with Crippen LogP contribution in [0.1, 0.15) is 13.3 Å². The second-order valence-electron chi connectivity index (χ2n) is 3.17. The molecule has 1 aromatic rings. The summed E-state index contributed by atoms with van der Waals surface area (Å²) in [6.07, 6.45) is 2.19. The largest absolute Gasteiger partial charge is 0.369 e. The maximum atomic E-state index is 11.7. The molecule has 1 aromatic heterocycles. The summed E-state index contributed by atoms with van der Waals surface area (Å²) in [5.74, 6) is 0.919. The highest BCUT2D eigenvalue weighted by atomic mass is 16.2. The molecule has 0 aromatic carbocycles. The van der Waals surface area contributed by atoms with Gasteiger partial charge in [-0.15, -0.1) is 10.2 Å². The zero-order valence-corrected chi connectivity index (χ0v) is 9.69. The molecule has 0 atom stereocenters. The molecule has 0 unspecified atom stereocenters. The van der Waals surface area contributed by atoms with Crippen LogP contribution in [0.4, 0.5) is 16.4 Å². The molecule has 7 nitrogen and oxygen atoms in total. The van der Waals surface area contributed by atoms with Gasteiger partial charge in [-0.3, -0.25) is 4.90 Å². The third-order valence-electron chi connectivity index (χ3n) is 1.99. The standard InChI is InChI=1S/C9H16N6O/c1-4-5-11-9(16)15(3)8-7(10-2)14-13-6-12-8/h6H,4-5H2,1-3H3,(H,10,14)(H,11,16). The first-order valence-corrected chi connectivity index (χ1v) is 5.07. The lowest BCUT2D eigenvalue weighted by atomic mass is 10.5. The molecule has 0 aliphatic heterocycles. The number of carbonyl (C=O) groups is 1. The van der Waals surface area contributed by atoms with Gasteiger partial charge in [-0.2, -0.15) is 0 Å². The first-order chi connectivity index (χ1) is 7.70. The van der Waals surface area contributed by atoms with E-state index in [1.165, 1.54) is 11.2 Å². The minimum Gasteiger partial charge on any atom is -0.369 e. The average molecular weight is 224 g/mol. The van der Waals surface area contributed by atoms with Gasteiger partial charge in [0.2, 0.25) is 0 Å². The van der Waals surface area contributed by atoms with E-state index in [2.05, 4.69) is 25.8 Å². The molecular formula is C9H16N6O. The topological polar surface area (TPSA) is 83.0 Å². The van der Waals surface area contributed by atoms with Crippen molar-refractivity contribution in [2.45, 2.75) is 13.3 Å². The number of nitrogens with zero attached hydrogens (tertiary/aromatic N) is 4. The van der Waals surface area contributed by atoms with E-state index in [0.29, 0.717) is 18.2 Å². The quantitative estimate of drug-likeness (QED) is 0.776. The Morgan fingerprint density at radius 1 is 1.56 bits per heavy atom. The summed E-state index contributed by atoms with van der Waals surface area (Å²) >= 11 is 0. The van der Waals surface area contributed by atoms with Gasteiger partial charge in [-0.1, -0.05) is 6.92 Å². The molecule has 7 heteroatoms. The molecule has 2 amide bonds. The second-order valence-corrected chi connectivity index (χ2v) is 3.17. The van der Waals surface area contributed by atoms with Crippen molar-refractivity contribution in [1.29, 1.82) is 0 Å². The number of amides is 2. The fraction of sp³-hybridized carbons (Fsp3) is 0.556. The third kappa shape index (κ3) is 2.78. The van der Waals surface area contributed by atoms with Gasteiger partial charge in [0.1, 0.15) is 6.33 Å². The summed E-state index contributed by atoms with van der Waals surface area (Å²) in [5, 5.41) is 13.1. The number of nitrogens with one attached hydrogen (secondary N) is 2. The minimum absolute atomic E-state index is 0.209. The van der Waals surface area contributed by atoms with E-state index in [0.717, 1.165) is 6.42 Å². The molecule has 16 heavy (non-hydrogen) atoms. The molecule has 0 saturated carbocycles. The molecule has 88 valence electrons. The van der Waals surface area contributed by atoms with Crippen molar-refractivity contribution in [3.63, 3.8) is 0 Å². The molecule has 0 aliphatic rings. The van der Waals surface area contributed by atoms with Crippen LogP contribution in [0, 0.1) is 0 Å². The number of carbonyl (C=O) groups excluding carboxylic acids is 1. The van der Waals surface area contributed by atoms with Crippen LogP contribution in [0.15, 0.2) is 6.33 Å². The van der Waals surface area contributed by atoms with E-state index in [1.54, 1.807) is 14.1 Å². The van der Waals surface area contributed by atoms with E-state index in [1.807, 2.05) is 6.92 Å². The number of rotatable bonds is 4. The van der Waals surface area contributed by atoms with E-state index in [9.17, 15) is 4.79 Å². The fourth-order valence-electron chi connectivity index (χ4n) is 1.12. The molecule has 0 radical (unpaired) electrons. The first kappa shape index (κ1) is 12.2. The van der Waals surface area contributed by atoms with Crippen molar-refractivity contribution in [2.75, 3.05) is 30.9 Å². The Hall–Kier alpha value is -1.92. The summed E-state index contributed by atoms with van der Waals surface area (Å²) in [5.41, 5.74) is 0. The minimum atomic E-state index is -0.209. The van der Waals surface area contributed by atoms with Crippen molar-refractivity contribution < 1.29 is 4.79 Å². The lowest BCUT2D eigenvalue weighted by molar-refractivity contribution is 0.247. The number of hydrogen-bond acceptors (Lipinski definition) is 5. The van der Waals surface area contributed by atoms with E-state index in [4.69, 9.17) is 0 Å². The Morgan fingerprint density at radius 2 is 2.31 bits per heavy atom. The highest BCUT2D eigenvalue weighted by Crippen LogP contribution is 2.16. The summed E-state index contributed by atoms with van der Waals surface area (Å²) in [7, 11) is 3.34. The number of hydrogen-bond donors (Lipinski definition) is 2. The highest BCUT2D eigenvalue weighted by molar-refractivity contribution is 5.92. The van der Waals surface area contributed by atoms with Gasteiger partial charge in [0, 0.05) is 20.6 Å². The molecular weight excluding hydrogens is 208 g/mol. The van der Waals surface area contributed by atoms with Crippen LogP contribution in [0.5, 0.6) is 0 Å². The third-order valence-corrected chi connectivity index (χ3v) is 1.99. The normalized spacial score (nSPS) is 9.69. The zero-order chi connectivity index (χ0) is 12.0. The first-order valence-electron chi connectivity index (χ1n) is 5.07. The number of urea groups is 1. The summed E-state index contributed by atoms with van der Waals surface area (Å²) in [6, 6.07) is -0.209. The van der Waals surface area contributed by atoms with Crippen LogP contribution in [-0.2, 0) is 0 Å². The van der Waals surface area contributed by atoms with Gasteiger partial charge in [0.15, 0.2) is 11.6 Å². The monoisotopic (exact) mass is 224 g/mol. The SMILES string of the molecule is CCCNC(=O)N(C)c1ncnnc1NC. The van der Waals surface area contributed by atoms with Gasteiger partial charge in [0.05, 0.1) is 0 Å². The Labute approximate surface area is 94.3 Å². The van der Waals surface area contributed by atoms with Crippen LogP contribution >= 0.6 is 0 Å². The predicted octanol–water partition coefficient (Wildman–Crippen LogP) is 0.469. The van der Waals surface area contributed by atoms with Crippen molar-refractivity contribution in [2.24, 2.45) is 0 Å². The Balaban J connectivity index is 2.78. The second kappa shape index (κ2) is 5.84. The van der Waals surface area contributed by atoms with Crippen molar-refractivity contribution >= 4 is 17.7 Å². The predicted molar refractivity (Wildman–Crippen MR) is 61.5 cm³/mol. The molecule has 2 N–H and O–H groups in total. The van der Waals surface area contributed by atoms with Crippen molar-refractivity contribution in [3.05, 3.63) is 6.33 Å². The molecule has 0 fully saturated rings. The van der Waals surface area contributed by atoms with Crippen molar-refractivity contribution in [3.8, 4) is 0 Å². The maximum Gasteiger partial charge on any atom is 0.322 e. The summed E-state index contributed by atoms with van der Waals surface area (Å²) in [6.45, 7) is 2.63. The van der Waals surface area contributed by atoms with Crippen LogP contribution < -0.4 is 15.5 Å². The van der Waals surface area contributed by atoms with Crippen LogP contribution in [-0.4, -0.2) is 41.9 Å². The van der Waals surface area contributed by atoms with Gasteiger partial charge >= 0.3 is 6.03 Å². The lowest BCUT2D eigenvalue weighted by Gasteiger charge is -2.18. The fourth-order valence-corrected chi connectivity index (χ4v) is 1.12. The average Bonchev–Trinajstić information content (AvgIpc) is 2.34. The Morgan fingerprint density at radius 3 is 2.94 bits per heavy atom. The highest BCUT2D eigenvalue weighted by Gasteiger charge is 2.15. The lowest BCUT2D eigenvalue weighted by Crippen LogP contribution is -2.38. The molecule has 0 spiro atoms. The van der Waals surface area contributed by atoms with Crippen LogP contribution in [0.2, 0.25) is 0 Å². The maximum absolute atomic E-state index is 11.7. The molecule has 1 rings (SSSR count). The van der Waals surface area contributed by atoms with Crippen molar-refractivity contribution in [1.82, 2.24) is 20.5 Å². The van der Waals surface area contributed by atoms with Crippen LogP contribution in [0.3, 0.4) is 0 Å². The summed E-state index contributed by atoms with van der Waals surface area (Å²) < 4.78 is 0. The molecule has 0 aliphatic carbocycles. The molecule has 0 bridgehead atoms. The van der Waals surface area contributed by atoms with E-state index >= 15 is 0 Å². The number of anilines is 2. The van der Waals surface area contributed by atoms with E-state index < -0.39 is 0 Å². The molecule has 0 saturated heterocycles. The van der Waals surface area contributed by atoms with Gasteiger partial charge in [-0.05, 0) is 6.42 Å². The summed E-state index contributed by atoms with van der Waals surface area (Å²) in [4.78, 5) is 17.1. The van der Waals surface area contributed by atoms with E-state index in [-0.39, 0.29) is 6.03 Å². The smallest absolute Gasteiger partial charge is 0.322 e. The van der Waals surface area contributed by atoms with Gasteiger partial charge < -0.3 is 10.6 Å². The van der Waals surface area contributed by atoms with Gasteiger partial charge in [-0.25, -0.2) is 9.78 Å². The van der Waals surface area contributed by atoms with Gasteiger partial charge in [0.25, 0.3) is 0 Å². The number of aromatic nitrogens is 3. The zero-order valence-electron chi connectivity index (χ0n) is 9.69. The molecule has 1 heterocycles.